The van der Waals surface area contributed by atoms with E-state index < -0.39 is 0 Å². The van der Waals surface area contributed by atoms with Crippen LogP contribution in [0.25, 0.3) is 0 Å². The summed E-state index contributed by atoms with van der Waals surface area (Å²) in [6.07, 6.45) is 3.11. The van der Waals surface area contributed by atoms with Crippen LogP contribution in [0.4, 0.5) is 5.82 Å². The number of carbonyl (C=O) groups is 2. The average Bonchev–Trinajstić information content (AvgIpc) is 2.77. The van der Waals surface area contributed by atoms with Gasteiger partial charge in [-0.1, -0.05) is 38.1 Å². The quantitative estimate of drug-likeness (QED) is 0.661. The van der Waals surface area contributed by atoms with Gasteiger partial charge >= 0.3 is 0 Å². The first-order valence-corrected chi connectivity index (χ1v) is 10.5. The fraction of sp³-hybridized carbons (Fsp3) is 0.417. The number of aromatic nitrogens is 1. The minimum atomic E-state index is 0.000885. The molecule has 0 aliphatic carbocycles. The number of pyridine rings is 1. The number of carbonyl (C=O) groups excluding carboxylic acids is 2. The number of benzene rings is 1. The van der Waals surface area contributed by atoms with E-state index in [1.54, 1.807) is 23.2 Å². The molecule has 1 aliphatic heterocycles. The van der Waals surface area contributed by atoms with E-state index in [1.165, 1.54) is 5.56 Å². The van der Waals surface area contributed by atoms with Crippen molar-refractivity contribution >= 4 is 17.5 Å². The van der Waals surface area contributed by atoms with Crippen LogP contribution >= 0.6 is 0 Å². The van der Waals surface area contributed by atoms with Crippen molar-refractivity contribution in [1.29, 1.82) is 5.26 Å². The Morgan fingerprint density at radius 2 is 1.77 bits per heavy atom. The van der Waals surface area contributed by atoms with Crippen LogP contribution < -0.4 is 4.90 Å². The van der Waals surface area contributed by atoms with Crippen LogP contribution in [0, 0.1) is 17.2 Å². The van der Waals surface area contributed by atoms with Gasteiger partial charge in [-0.2, -0.15) is 5.26 Å². The number of piperazine rings is 1. The number of nitriles is 1. The van der Waals surface area contributed by atoms with Crippen molar-refractivity contribution in [3.05, 3.63) is 59.3 Å². The fourth-order valence-corrected chi connectivity index (χ4v) is 3.72. The molecule has 1 aromatic heterocycles. The molecule has 1 aromatic carbocycles. The first kappa shape index (κ1) is 21.5. The first-order chi connectivity index (χ1) is 14.5. The lowest BCUT2D eigenvalue weighted by atomic mass is 9.99. The molecule has 2 heterocycles. The minimum absolute atomic E-state index is 0.000885. The lowest BCUT2D eigenvalue weighted by Gasteiger charge is -2.35. The third-order valence-electron chi connectivity index (χ3n) is 5.32. The molecule has 0 radical (unpaired) electrons. The van der Waals surface area contributed by atoms with Crippen molar-refractivity contribution in [2.24, 2.45) is 5.92 Å². The van der Waals surface area contributed by atoms with E-state index in [-0.39, 0.29) is 24.5 Å². The molecule has 2 aromatic rings. The number of rotatable bonds is 7. The molecule has 6 heteroatoms. The number of anilines is 1. The third-order valence-corrected chi connectivity index (χ3v) is 5.32. The van der Waals surface area contributed by atoms with Crippen LogP contribution in [0.2, 0.25) is 0 Å². The van der Waals surface area contributed by atoms with Crippen LogP contribution in [0.3, 0.4) is 0 Å². The highest BCUT2D eigenvalue weighted by atomic mass is 16.2. The van der Waals surface area contributed by atoms with E-state index in [9.17, 15) is 14.9 Å². The van der Waals surface area contributed by atoms with Crippen molar-refractivity contribution in [2.75, 3.05) is 31.1 Å². The first-order valence-electron chi connectivity index (χ1n) is 10.5. The lowest BCUT2D eigenvalue weighted by molar-refractivity contribution is -0.131. The van der Waals surface area contributed by atoms with Gasteiger partial charge in [0.1, 0.15) is 11.9 Å². The molecule has 6 nitrogen and oxygen atoms in total. The van der Waals surface area contributed by atoms with Gasteiger partial charge in [-0.05, 0) is 30.0 Å². The van der Waals surface area contributed by atoms with Gasteiger partial charge in [0.05, 0.1) is 5.56 Å². The largest absolute Gasteiger partial charge is 0.352 e. The predicted molar refractivity (Wildman–Crippen MR) is 116 cm³/mol. The van der Waals surface area contributed by atoms with Crippen molar-refractivity contribution < 1.29 is 9.59 Å². The molecular formula is C24H28N4O2. The van der Waals surface area contributed by atoms with E-state index in [1.807, 2.05) is 29.2 Å². The summed E-state index contributed by atoms with van der Waals surface area (Å²) in [6, 6.07) is 13.4. The number of ketones is 1. The molecule has 1 fully saturated rings. The number of nitrogens with zero attached hydrogens (tertiary/aromatic N) is 4. The molecule has 0 bridgehead atoms. The van der Waals surface area contributed by atoms with Crippen LogP contribution in [0.1, 0.15) is 48.2 Å². The van der Waals surface area contributed by atoms with E-state index in [0.29, 0.717) is 49.0 Å². The summed E-state index contributed by atoms with van der Waals surface area (Å²) in [5.74, 6) is 1.25. The Kier molecular flexibility index (Phi) is 7.18. The van der Waals surface area contributed by atoms with E-state index >= 15 is 0 Å². The van der Waals surface area contributed by atoms with Crippen LogP contribution in [-0.4, -0.2) is 47.8 Å². The van der Waals surface area contributed by atoms with Gasteiger partial charge in [-0.25, -0.2) is 4.98 Å². The summed E-state index contributed by atoms with van der Waals surface area (Å²) in [5, 5.41) is 9.25. The Hall–Kier alpha value is -3.20. The zero-order chi connectivity index (χ0) is 21.5. The number of hydrogen-bond donors (Lipinski definition) is 0. The monoisotopic (exact) mass is 404 g/mol. The van der Waals surface area contributed by atoms with Gasteiger partial charge in [0.25, 0.3) is 0 Å². The maximum Gasteiger partial charge on any atom is 0.223 e. The number of hydrogen-bond acceptors (Lipinski definition) is 5. The molecular weight excluding hydrogens is 376 g/mol. The van der Waals surface area contributed by atoms with Crippen molar-refractivity contribution in [2.45, 2.75) is 33.1 Å². The third kappa shape index (κ3) is 5.44. The highest BCUT2D eigenvalue weighted by Gasteiger charge is 2.23. The zero-order valence-electron chi connectivity index (χ0n) is 17.7. The summed E-state index contributed by atoms with van der Waals surface area (Å²) in [6.45, 7) is 6.73. The molecule has 0 spiro atoms. The molecule has 1 saturated heterocycles. The predicted octanol–water partition coefficient (Wildman–Crippen LogP) is 3.46. The molecule has 0 saturated carbocycles. The maximum absolute atomic E-state index is 12.6. The van der Waals surface area contributed by atoms with Crippen LogP contribution in [-0.2, 0) is 11.2 Å². The van der Waals surface area contributed by atoms with Crippen LogP contribution in [0.5, 0.6) is 0 Å². The topological polar surface area (TPSA) is 77.3 Å². The molecule has 3 rings (SSSR count). The minimum Gasteiger partial charge on any atom is -0.352 e. The SMILES string of the molecule is CC(C)Cc1ccc(C(=O)CCC(=O)N2CCN(c3ncccc3C#N)CC2)cc1. The van der Waals surface area contributed by atoms with Gasteiger partial charge < -0.3 is 9.80 Å². The summed E-state index contributed by atoms with van der Waals surface area (Å²) in [5.41, 5.74) is 2.43. The lowest BCUT2D eigenvalue weighted by Crippen LogP contribution is -2.49. The van der Waals surface area contributed by atoms with Crippen molar-refractivity contribution in [3.63, 3.8) is 0 Å². The fourth-order valence-electron chi connectivity index (χ4n) is 3.72. The average molecular weight is 405 g/mol. The molecule has 156 valence electrons. The summed E-state index contributed by atoms with van der Waals surface area (Å²) >= 11 is 0. The van der Waals surface area contributed by atoms with E-state index in [4.69, 9.17) is 0 Å². The molecule has 1 amide bonds. The van der Waals surface area contributed by atoms with Crippen LogP contribution in [0.15, 0.2) is 42.6 Å². The van der Waals surface area contributed by atoms with Crippen molar-refractivity contribution in [1.82, 2.24) is 9.88 Å². The maximum atomic E-state index is 12.6. The highest BCUT2D eigenvalue weighted by molar-refractivity contribution is 5.98. The summed E-state index contributed by atoms with van der Waals surface area (Å²) < 4.78 is 0. The molecule has 30 heavy (non-hydrogen) atoms. The smallest absolute Gasteiger partial charge is 0.223 e. The highest BCUT2D eigenvalue weighted by Crippen LogP contribution is 2.19. The van der Waals surface area contributed by atoms with E-state index in [2.05, 4.69) is 24.9 Å². The van der Waals surface area contributed by atoms with Gasteiger partial charge in [-0.3, -0.25) is 9.59 Å². The molecule has 0 atom stereocenters. The summed E-state index contributed by atoms with van der Waals surface area (Å²) in [4.78, 5) is 33.2. The normalized spacial score (nSPS) is 13.9. The zero-order valence-corrected chi connectivity index (χ0v) is 17.7. The summed E-state index contributed by atoms with van der Waals surface area (Å²) in [7, 11) is 0. The molecule has 1 aliphatic rings. The molecule has 0 N–H and O–H groups in total. The van der Waals surface area contributed by atoms with Gasteiger partial charge in [0, 0.05) is 50.8 Å². The Morgan fingerprint density at radius 3 is 2.40 bits per heavy atom. The van der Waals surface area contributed by atoms with Gasteiger partial charge in [-0.15, -0.1) is 0 Å². The standard InChI is InChI=1S/C24H28N4O2/c1-18(2)16-19-5-7-20(8-6-19)22(29)9-10-23(30)27-12-14-28(15-13-27)24-21(17-25)4-3-11-26-24/h3-8,11,18H,9-10,12-16H2,1-2H3. The van der Waals surface area contributed by atoms with E-state index in [0.717, 1.165) is 6.42 Å². The van der Waals surface area contributed by atoms with Gasteiger partial charge in [0.15, 0.2) is 5.78 Å². The Labute approximate surface area is 178 Å². The number of Topliss-reactive ketones (excluding diaryl/α,β-unsaturated/α-hetero) is 1. The van der Waals surface area contributed by atoms with Gasteiger partial charge in [0.2, 0.25) is 5.91 Å². The van der Waals surface area contributed by atoms with Crippen molar-refractivity contribution in [3.8, 4) is 6.07 Å². The molecule has 0 unspecified atom stereocenters. The number of amides is 1. The Bertz CT molecular complexity index is 923. The second kappa shape index (κ2) is 10.0. The Balaban J connectivity index is 1.48. The second-order valence-electron chi connectivity index (χ2n) is 8.07. The Morgan fingerprint density at radius 1 is 1.07 bits per heavy atom. The second-order valence-corrected chi connectivity index (χ2v) is 8.07.